The fraction of sp³-hybridized carbons (Fsp3) is 0.240. The second-order valence-corrected chi connectivity index (χ2v) is 8.82. The lowest BCUT2D eigenvalue weighted by molar-refractivity contribution is -0.141. The number of Topliss-reactive ketones (excluding diaryl/α,β-unsaturated/α-hetero) is 1. The smallest absolute Gasteiger partial charge is 0.433 e. The minimum absolute atomic E-state index is 0.0662. The summed E-state index contributed by atoms with van der Waals surface area (Å²) in [7, 11) is 0. The van der Waals surface area contributed by atoms with Crippen molar-refractivity contribution in [3.63, 3.8) is 0 Å². The van der Waals surface area contributed by atoms with E-state index in [9.17, 15) is 27.2 Å². The van der Waals surface area contributed by atoms with Crippen molar-refractivity contribution in [1.82, 2.24) is 24.3 Å². The van der Waals surface area contributed by atoms with Crippen LogP contribution in [0.4, 0.5) is 23.5 Å². The van der Waals surface area contributed by atoms with Crippen LogP contribution in [0.3, 0.4) is 0 Å². The molecule has 4 aromatic rings. The van der Waals surface area contributed by atoms with Gasteiger partial charge in [-0.15, -0.1) is 0 Å². The minimum atomic E-state index is -4.65. The average molecular weight is 526 g/mol. The minimum Gasteiger partial charge on any atom is -0.485 e. The van der Waals surface area contributed by atoms with Crippen molar-refractivity contribution in [1.29, 1.82) is 0 Å². The van der Waals surface area contributed by atoms with E-state index < -0.39 is 23.6 Å². The monoisotopic (exact) mass is 526 g/mol. The summed E-state index contributed by atoms with van der Waals surface area (Å²) >= 11 is 0. The maximum absolute atomic E-state index is 14.7. The number of halogens is 4. The van der Waals surface area contributed by atoms with Gasteiger partial charge in [0.15, 0.2) is 12.3 Å². The Morgan fingerprint density at radius 2 is 1.89 bits per heavy atom. The van der Waals surface area contributed by atoms with Gasteiger partial charge in [-0.2, -0.15) is 13.2 Å². The van der Waals surface area contributed by atoms with Gasteiger partial charge < -0.3 is 15.0 Å². The molecule has 0 saturated heterocycles. The summed E-state index contributed by atoms with van der Waals surface area (Å²) in [5.41, 5.74) is 0.614. The zero-order valence-corrected chi connectivity index (χ0v) is 19.8. The molecular weight excluding hydrogens is 508 g/mol. The van der Waals surface area contributed by atoms with Crippen molar-refractivity contribution in [3.05, 3.63) is 70.8 Å². The van der Waals surface area contributed by atoms with Crippen molar-refractivity contribution >= 4 is 23.2 Å². The molecule has 5 heterocycles. The number of nitrogens with one attached hydrogen (secondary N) is 1. The van der Waals surface area contributed by atoms with Crippen molar-refractivity contribution in [2.24, 2.45) is 0 Å². The quantitative estimate of drug-likeness (QED) is 0.400. The molecule has 9 nitrogen and oxygen atoms in total. The van der Waals surface area contributed by atoms with Gasteiger partial charge in [-0.05, 0) is 30.7 Å². The summed E-state index contributed by atoms with van der Waals surface area (Å²) in [6.45, 7) is 1.59. The topological polar surface area (TPSA) is 102 Å². The number of pyridine rings is 1. The van der Waals surface area contributed by atoms with Gasteiger partial charge >= 0.3 is 6.18 Å². The number of rotatable bonds is 4. The molecule has 13 heteroatoms. The Balaban J connectivity index is 1.47. The van der Waals surface area contributed by atoms with E-state index in [0.29, 0.717) is 22.4 Å². The Hall–Kier alpha value is -4.55. The first kappa shape index (κ1) is 23.8. The number of amides is 1. The van der Waals surface area contributed by atoms with E-state index in [2.05, 4.69) is 20.3 Å². The number of hydrogen-bond donors (Lipinski definition) is 1. The second-order valence-electron chi connectivity index (χ2n) is 8.82. The molecule has 0 atom stereocenters. The number of carbonyl (C=O) groups is 2. The number of carbonyl (C=O) groups excluding carboxylic acids is 2. The molecule has 2 aliphatic rings. The maximum Gasteiger partial charge on any atom is 0.433 e. The fourth-order valence-electron chi connectivity index (χ4n) is 4.79. The van der Waals surface area contributed by atoms with Gasteiger partial charge in [-0.1, -0.05) is 0 Å². The Morgan fingerprint density at radius 1 is 1.11 bits per heavy atom. The number of aromatic nitrogens is 4. The molecular formula is C25H18F4N6O3. The van der Waals surface area contributed by atoms with Crippen molar-refractivity contribution in [2.45, 2.75) is 26.2 Å². The van der Waals surface area contributed by atoms with E-state index in [1.54, 1.807) is 6.92 Å². The van der Waals surface area contributed by atoms with Crippen LogP contribution >= 0.6 is 0 Å². The molecule has 0 spiro atoms. The molecule has 38 heavy (non-hydrogen) atoms. The van der Waals surface area contributed by atoms with Crippen molar-refractivity contribution < 1.29 is 31.9 Å². The third-order valence-electron chi connectivity index (χ3n) is 6.65. The molecule has 0 unspecified atom stereocenters. The van der Waals surface area contributed by atoms with Crippen LogP contribution in [0.1, 0.15) is 44.6 Å². The van der Waals surface area contributed by atoms with Gasteiger partial charge in [0.1, 0.15) is 23.6 Å². The van der Waals surface area contributed by atoms with Gasteiger partial charge in [0.05, 0.1) is 11.1 Å². The zero-order valence-electron chi connectivity index (χ0n) is 19.8. The van der Waals surface area contributed by atoms with Crippen LogP contribution in [0.2, 0.25) is 0 Å². The van der Waals surface area contributed by atoms with Crippen molar-refractivity contribution in [3.8, 4) is 16.9 Å². The van der Waals surface area contributed by atoms with Crippen LogP contribution in [-0.4, -0.2) is 49.1 Å². The Bertz CT molecular complexity index is 1650. The van der Waals surface area contributed by atoms with E-state index in [1.165, 1.54) is 34.0 Å². The predicted octanol–water partition coefficient (Wildman–Crippen LogP) is 4.11. The largest absolute Gasteiger partial charge is 0.485 e. The fourth-order valence-corrected chi connectivity index (χ4v) is 4.79. The summed E-state index contributed by atoms with van der Waals surface area (Å²) in [6, 6.07) is 3.54. The summed E-state index contributed by atoms with van der Waals surface area (Å²) < 4.78 is 61.6. The van der Waals surface area contributed by atoms with Gasteiger partial charge in [0, 0.05) is 48.7 Å². The lowest BCUT2D eigenvalue weighted by Gasteiger charge is -2.25. The highest BCUT2D eigenvalue weighted by Crippen LogP contribution is 2.37. The molecule has 1 amide bonds. The lowest BCUT2D eigenvalue weighted by atomic mass is 9.98. The SMILES string of the molecule is CCN1Cc2cc(C(F)(F)F)ncc2-c2cnc(NCc3c(F)ccc4c3C(=O)CO4)n3cnc(c23)C1=O. The van der Waals surface area contributed by atoms with E-state index in [-0.39, 0.29) is 60.4 Å². The van der Waals surface area contributed by atoms with E-state index in [4.69, 9.17) is 4.74 Å². The molecule has 1 aromatic carbocycles. The number of hydrogen-bond acceptors (Lipinski definition) is 7. The summed E-state index contributed by atoms with van der Waals surface area (Å²) in [4.78, 5) is 39.3. The number of benzene rings is 1. The molecule has 0 fully saturated rings. The number of ether oxygens (including phenoxy) is 1. The first-order valence-corrected chi connectivity index (χ1v) is 11.6. The molecule has 0 aliphatic carbocycles. The second kappa shape index (κ2) is 8.50. The summed E-state index contributed by atoms with van der Waals surface area (Å²) in [5, 5.41) is 2.99. The van der Waals surface area contributed by atoms with Gasteiger partial charge in [-0.3, -0.25) is 19.0 Å². The molecule has 3 aromatic heterocycles. The van der Waals surface area contributed by atoms with Gasteiger partial charge in [0.2, 0.25) is 11.7 Å². The molecule has 0 bridgehead atoms. The number of nitrogens with zero attached hydrogens (tertiary/aromatic N) is 5. The summed E-state index contributed by atoms with van der Waals surface area (Å²) in [6.07, 6.45) is -0.763. The first-order chi connectivity index (χ1) is 18.2. The molecule has 6 rings (SSSR count). The predicted molar refractivity (Wildman–Crippen MR) is 125 cm³/mol. The molecule has 0 saturated carbocycles. The highest BCUT2D eigenvalue weighted by Gasteiger charge is 2.35. The van der Waals surface area contributed by atoms with Crippen LogP contribution in [0.25, 0.3) is 16.6 Å². The molecule has 0 radical (unpaired) electrons. The Labute approximate surface area is 212 Å². The highest BCUT2D eigenvalue weighted by atomic mass is 19.4. The zero-order chi connectivity index (χ0) is 26.8. The number of ketones is 1. The lowest BCUT2D eigenvalue weighted by Crippen LogP contribution is -2.32. The van der Waals surface area contributed by atoms with Crippen LogP contribution in [-0.2, 0) is 19.3 Å². The van der Waals surface area contributed by atoms with Crippen molar-refractivity contribution in [2.75, 3.05) is 18.5 Å². The van der Waals surface area contributed by atoms with E-state index in [0.717, 1.165) is 12.3 Å². The Morgan fingerprint density at radius 3 is 2.66 bits per heavy atom. The summed E-state index contributed by atoms with van der Waals surface area (Å²) in [5.74, 6) is -0.925. The third-order valence-corrected chi connectivity index (χ3v) is 6.65. The average Bonchev–Trinajstić information content (AvgIpc) is 3.49. The van der Waals surface area contributed by atoms with Crippen LogP contribution in [0, 0.1) is 5.82 Å². The van der Waals surface area contributed by atoms with Crippen LogP contribution in [0.15, 0.2) is 36.9 Å². The number of fused-ring (bicyclic) bond motifs is 3. The van der Waals surface area contributed by atoms with E-state index in [1.807, 2.05) is 0 Å². The third kappa shape index (κ3) is 3.64. The number of imidazole rings is 1. The molecule has 194 valence electrons. The van der Waals surface area contributed by atoms with Crippen LogP contribution in [0.5, 0.6) is 5.75 Å². The van der Waals surface area contributed by atoms with Gasteiger partial charge in [-0.25, -0.2) is 14.4 Å². The first-order valence-electron chi connectivity index (χ1n) is 11.6. The van der Waals surface area contributed by atoms with Crippen LogP contribution < -0.4 is 10.1 Å². The normalized spacial score (nSPS) is 14.7. The van der Waals surface area contributed by atoms with Gasteiger partial charge in [0.25, 0.3) is 5.91 Å². The Kier molecular flexibility index (Phi) is 5.33. The maximum atomic E-state index is 14.7. The highest BCUT2D eigenvalue weighted by molar-refractivity contribution is 6.05. The standard InChI is InChI=1S/C25H18F4N6O3/c1-2-34-9-12-5-19(25(27,28)29)30-6-13(12)14-7-31-24(35-11-33-21(22(14)35)23(34)37)32-8-15-16(26)3-4-18-20(15)17(36)10-38-18/h3-7,11H,2,8-10H2,1H3,(H,31,32). The molecule has 1 N–H and O–H groups in total. The number of alkyl halides is 3. The van der Waals surface area contributed by atoms with E-state index >= 15 is 0 Å². The molecule has 2 aliphatic heterocycles. The number of anilines is 1.